The van der Waals surface area contributed by atoms with Crippen molar-refractivity contribution in [1.82, 2.24) is 9.55 Å². The Labute approximate surface area is 153 Å². The molecule has 3 aromatic rings. The average molecular weight is 343 g/mol. The molecule has 2 heterocycles. The molecular formula is C22H21N3O. The fraction of sp³-hybridized carbons (Fsp3) is 0.273. The van der Waals surface area contributed by atoms with Gasteiger partial charge < -0.3 is 9.47 Å². The number of hydrogen-bond donors (Lipinski definition) is 0. The van der Waals surface area contributed by atoms with Gasteiger partial charge in [-0.3, -0.25) is 4.79 Å². The van der Waals surface area contributed by atoms with Crippen molar-refractivity contribution < 1.29 is 4.79 Å². The van der Waals surface area contributed by atoms with Crippen LogP contribution in [0.3, 0.4) is 0 Å². The van der Waals surface area contributed by atoms with Crippen LogP contribution in [0.2, 0.25) is 0 Å². The van der Waals surface area contributed by atoms with Crippen LogP contribution < -0.4 is 4.90 Å². The standard InChI is InChI=1S/C22H21N3O/c1-3-13-24-20-8-6-5-7-19(20)23-22(24)17-14-21(26)25(15-17)18-11-9-16(4-2)10-12-18/h1,5-12,17H,4,13-15H2,2H3/t17-/m1/s1. The second-order valence-electron chi connectivity index (χ2n) is 6.67. The molecule has 4 heteroatoms. The van der Waals surface area contributed by atoms with Crippen LogP contribution in [0.4, 0.5) is 5.69 Å². The smallest absolute Gasteiger partial charge is 0.227 e. The van der Waals surface area contributed by atoms with Gasteiger partial charge in [0.15, 0.2) is 0 Å². The maximum atomic E-state index is 12.6. The molecule has 0 saturated carbocycles. The Morgan fingerprint density at radius 2 is 1.96 bits per heavy atom. The monoisotopic (exact) mass is 343 g/mol. The lowest BCUT2D eigenvalue weighted by Crippen LogP contribution is -2.24. The Morgan fingerprint density at radius 3 is 2.69 bits per heavy atom. The third kappa shape index (κ3) is 2.76. The summed E-state index contributed by atoms with van der Waals surface area (Å²) in [5.74, 6) is 3.81. The highest BCUT2D eigenvalue weighted by atomic mass is 16.2. The topological polar surface area (TPSA) is 38.1 Å². The molecule has 0 bridgehead atoms. The summed E-state index contributed by atoms with van der Waals surface area (Å²) in [6, 6.07) is 16.2. The Balaban J connectivity index is 1.67. The van der Waals surface area contributed by atoms with Crippen molar-refractivity contribution in [2.45, 2.75) is 32.2 Å². The van der Waals surface area contributed by atoms with E-state index in [-0.39, 0.29) is 11.8 Å². The molecule has 130 valence electrons. The fourth-order valence-corrected chi connectivity index (χ4v) is 3.70. The van der Waals surface area contributed by atoms with Gasteiger partial charge in [-0.1, -0.05) is 37.1 Å². The highest BCUT2D eigenvalue weighted by Crippen LogP contribution is 2.33. The van der Waals surface area contributed by atoms with E-state index >= 15 is 0 Å². The molecule has 1 aliphatic rings. The number of imidazole rings is 1. The van der Waals surface area contributed by atoms with E-state index in [1.165, 1.54) is 5.56 Å². The van der Waals surface area contributed by atoms with Crippen molar-refractivity contribution >= 4 is 22.6 Å². The quantitative estimate of drug-likeness (QED) is 0.677. The Hall–Kier alpha value is -3.06. The van der Waals surface area contributed by atoms with Gasteiger partial charge in [0.2, 0.25) is 5.91 Å². The zero-order valence-corrected chi connectivity index (χ0v) is 14.9. The molecule has 1 fully saturated rings. The predicted molar refractivity (Wildman–Crippen MR) is 104 cm³/mol. The first kappa shape index (κ1) is 16.4. The highest BCUT2D eigenvalue weighted by Gasteiger charge is 2.34. The highest BCUT2D eigenvalue weighted by molar-refractivity contribution is 5.96. The maximum Gasteiger partial charge on any atom is 0.227 e. The van der Waals surface area contributed by atoms with Gasteiger partial charge in [-0.2, -0.15) is 0 Å². The normalized spacial score (nSPS) is 17.0. The minimum Gasteiger partial charge on any atom is -0.316 e. The Morgan fingerprint density at radius 1 is 1.19 bits per heavy atom. The number of rotatable bonds is 4. The number of aromatic nitrogens is 2. The molecule has 2 aromatic carbocycles. The molecule has 1 amide bonds. The van der Waals surface area contributed by atoms with Crippen molar-refractivity contribution in [1.29, 1.82) is 0 Å². The number of aryl methyl sites for hydroxylation is 1. The minimum atomic E-state index is 0.0501. The van der Waals surface area contributed by atoms with E-state index in [0.717, 1.165) is 29.0 Å². The summed E-state index contributed by atoms with van der Waals surface area (Å²) in [6.45, 7) is 3.23. The molecule has 0 radical (unpaired) electrons. The lowest BCUT2D eigenvalue weighted by Gasteiger charge is -2.17. The van der Waals surface area contributed by atoms with E-state index in [1.807, 2.05) is 41.3 Å². The van der Waals surface area contributed by atoms with Crippen LogP contribution in [-0.4, -0.2) is 22.0 Å². The van der Waals surface area contributed by atoms with E-state index in [4.69, 9.17) is 11.4 Å². The number of amides is 1. The van der Waals surface area contributed by atoms with Crippen LogP contribution in [0.1, 0.15) is 30.7 Å². The average Bonchev–Trinajstić information content (AvgIpc) is 3.23. The van der Waals surface area contributed by atoms with Crippen LogP contribution in [0, 0.1) is 12.3 Å². The van der Waals surface area contributed by atoms with Gasteiger partial charge >= 0.3 is 0 Å². The number of nitrogens with zero attached hydrogens (tertiary/aromatic N) is 3. The number of benzene rings is 2. The summed E-state index contributed by atoms with van der Waals surface area (Å²) in [6.07, 6.45) is 7.03. The van der Waals surface area contributed by atoms with Crippen LogP contribution >= 0.6 is 0 Å². The lowest BCUT2D eigenvalue weighted by molar-refractivity contribution is -0.117. The lowest BCUT2D eigenvalue weighted by atomic mass is 10.1. The molecule has 0 aliphatic carbocycles. The van der Waals surface area contributed by atoms with Gasteiger partial charge in [-0.05, 0) is 36.2 Å². The molecule has 1 aromatic heterocycles. The number of carbonyl (C=O) groups is 1. The molecular weight excluding hydrogens is 322 g/mol. The van der Waals surface area contributed by atoms with Gasteiger partial charge in [0.05, 0.1) is 17.6 Å². The SMILES string of the molecule is C#CCn1c([C@@H]2CC(=O)N(c3ccc(CC)cc3)C2)nc2ccccc21. The minimum absolute atomic E-state index is 0.0501. The summed E-state index contributed by atoms with van der Waals surface area (Å²) < 4.78 is 2.07. The molecule has 4 rings (SSSR count). The zero-order valence-electron chi connectivity index (χ0n) is 14.9. The molecule has 1 saturated heterocycles. The molecule has 0 N–H and O–H groups in total. The van der Waals surface area contributed by atoms with E-state index in [1.54, 1.807) is 0 Å². The molecule has 0 unspecified atom stereocenters. The second kappa shape index (κ2) is 6.68. The summed E-state index contributed by atoms with van der Waals surface area (Å²) in [4.78, 5) is 19.3. The molecule has 1 aliphatic heterocycles. The molecule has 4 nitrogen and oxygen atoms in total. The van der Waals surface area contributed by atoms with E-state index < -0.39 is 0 Å². The first-order chi connectivity index (χ1) is 12.7. The molecule has 26 heavy (non-hydrogen) atoms. The largest absolute Gasteiger partial charge is 0.316 e. The van der Waals surface area contributed by atoms with Gasteiger partial charge in [0.1, 0.15) is 5.82 Å². The van der Waals surface area contributed by atoms with Crippen molar-refractivity contribution in [3.05, 3.63) is 59.9 Å². The Bertz CT molecular complexity index is 994. The van der Waals surface area contributed by atoms with Crippen molar-refractivity contribution in [3.63, 3.8) is 0 Å². The zero-order chi connectivity index (χ0) is 18.1. The third-order valence-electron chi connectivity index (χ3n) is 5.08. The second-order valence-corrected chi connectivity index (χ2v) is 6.67. The van der Waals surface area contributed by atoms with Crippen molar-refractivity contribution in [2.75, 3.05) is 11.4 Å². The maximum absolute atomic E-state index is 12.6. The van der Waals surface area contributed by atoms with Crippen molar-refractivity contribution in [2.24, 2.45) is 0 Å². The number of carbonyl (C=O) groups excluding carboxylic acids is 1. The molecule has 1 atom stereocenters. The summed E-state index contributed by atoms with van der Waals surface area (Å²) in [5, 5.41) is 0. The summed E-state index contributed by atoms with van der Waals surface area (Å²) >= 11 is 0. The number of anilines is 1. The van der Waals surface area contributed by atoms with Gasteiger partial charge in [-0.25, -0.2) is 4.98 Å². The number of fused-ring (bicyclic) bond motifs is 1. The summed E-state index contributed by atoms with van der Waals surface area (Å²) in [7, 11) is 0. The van der Waals surface area contributed by atoms with Crippen LogP contribution in [-0.2, 0) is 17.8 Å². The van der Waals surface area contributed by atoms with Gasteiger partial charge in [0, 0.05) is 24.6 Å². The van der Waals surface area contributed by atoms with Gasteiger partial charge in [-0.15, -0.1) is 6.42 Å². The van der Waals surface area contributed by atoms with E-state index in [0.29, 0.717) is 19.5 Å². The third-order valence-corrected chi connectivity index (χ3v) is 5.08. The van der Waals surface area contributed by atoms with E-state index in [2.05, 4.69) is 29.5 Å². The van der Waals surface area contributed by atoms with Gasteiger partial charge in [0.25, 0.3) is 0 Å². The number of terminal acetylenes is 1. The van der Waals surface area contributed by atoms with Crippen LogP contribution in [0.15, 0.2) is 48.5 Å². The van der Waals surface area contributed by atoms with Crippen molar-refractivity contribution in [3.8, 4) is 12.3 Å². The first-order valence-corrected chi connectivity index (χ1v) is 8.99. The first-order valence-electron chi connectivity index (χ1n) is 8.99. The van der Waals surface area contributed by atoms with Crippen LogP contribution in [0.25, 0.3) is 11.0 Å². The van der Waals surface area contributed by atoms with E-state index in [9.17, 15) is 4.79 Å². The summed E-state index contributed by atoms with van der Waals surface area (Å²) in [5.41, 5.74) is 4.18. The van der Waals surface area contributed by atoms with Crippen LogP contribution in [0.5, 0.6) is 0 Å². The predicted octanol–water partition coefficient (Wildman–Crippen LogP) is 3.75. The fourth-order valence-electron chi connectivity index (χ4n) is 3.70. The number of hydrogen-bond acceptors (Lipinski definition) is 2. The molecule has 0 spiro atoms. The number of para-hydroxylation sites is 2. The Kier molecular flexibility index (Phi) is 4.22.